The van der Waals surface area contributed by atoms with Crippen molar-refractivity contribution in [3.8, 4) is 0 Å². The largest absolute Gasteiger partial charge is 0.392 e. The van der Waals surface area contributed by atoms with Gasteiger partial charge in [0.2, 0.25) is 5.91 Å². The summed E-state index contributed by atoms with van der Waals surface area (Å²) in [5, 5.41) is 12.9. The van der Waals surface area contributed by atoms with Gasteiger partial charge in [-0.2, -0.15) is 0 Å². The number of amides is 1. The fourth-order valence-electron chi connectivity index (χ4n) is 1.03. The number of thioether (sulfide) groups is 1. The van der Waals surface area contributed by atoms with E-state index in [0.29, 0.717) is 24.0 Å². The Morgan fingerprint density at radius 1 is 1.50 bits per heavy atom. The van der Waals surface area contributed by atoms with E-state index in [1.165, 1.54) is 6.92 Å². The lowest BCUT2D eigenvalue weighted by Crippen LogP contribution is -2.26. The molecule has 0 heterocycles. The molecule has 0 aliphatic heterocycles. The standard InChI is InChI=1S/C10H18BrNO3S/c1-7(9(14)3-4-11)10(15)16-6-5-12-8(2)13/h7,9,14H,3-6H2,1-2H3,(H,12,13)/t7?,9-/m1/s1. The SMILES string of the molecule is CC(=O)NCCSC(=O)C(C)[C@H](O)CCBr. The molecule has 16 heavy (non-hydrogen) atoms. The number of alkyl halides is 1. The summed E-state index contributed by atoms with van der Waals surface area (Å²) in [5.41, 5.74) is 0. The van der Waals surface area contributed by atoms with Crippen LogP contribution in [0.15, 0.2) is 0 Å². The maximum absolute atomic E-state index is 11.6. The van der Waals surface area contributed by atoms with E-state index in [1.807, 2.05) is 0 Å². The van der Waals surface area contributed by atoms with Crippen LogP contribution in [-0.2, 0) is 9.59 Å². The molecular weight excluding hydrogens is 294 g/mol. The molecule has 0 aliphatic carbocycles. The number of aliphatic hydroxyl groups is 1. The van der Waals surface area contributed by atoms with Gasteiger partial charge in [-0.1, -0.05) is 34.6 Å². The molecule has 0 bridgehead atoms. The first kappa shape index (κ1) is 15.9. The van der Waals surface area contributed by atoms with Crippen molar-refractivity contribution >= 4 is 38.7 Å². The zero-order valence-electron chi connectivity index (χ0n) is 9.53. The first-order chi connectivity index (χ1) is 7.49. The minimum absolute atomic E-state index is 0.0289. The Hall–Kier alpha value is -0.0700. The van der Waals surface area contributed by atoms with E-state index in [0.717, 1.165) is 11.8 Å². The third-order valence-electron chi connectivity index (χ3n) is 2.07. The summed E-state index contributed by atoms with van der Waals surface area (Å²) in [6, 6.07) is 0. The minimum Gasteiger partial charge on any atom is -0.392 e. The molecule has 0 spiro atoms. The Morgan fingerprint density at radius 3 is 2.62 bits per heavy atom. The van der Waals surface area contributed by atoms with E-state index in [-0.39, 0.29) is 16.9 Å². The van der Waals surface area contributed by atoms with E-state index in [4.69, 9.17) is 0 Å². The molecule has 0 saturated carbocycles. The maximum atomic E-state index is 11.6. The molecular formula is C10H18BrNO3S. The van der Waals surface area contributed by atoms with Gasteiger partial charge in [-0.15, -0.1) is 0 Å². The van der Waals surface area contributed by atoms with Crippen molar-refractivity contribution in [2.75, 3.05) is 17.6 Å². The average Bonchev–Trinajstić information content (AvgIpc) is 2.23. The Kier molecular flexibility index (Phi) is 8.97. The van der Waals surface area contributed by atoms with Crippen molar-refractivity contribution in [3.63, 3.8) is 0 Å². The number of hydrogen-bond donors (Lipinski definition) is 2. The summed E-state index contributed by atoms with van der Waals surface area (Å²) >= 11 is 4.37. The smallest absolute Gasteiger partial charge is 0.216 e. The summed E-state index contributed by atoms with van der Waals surface area (Å²) in [6.45, 7) is 3.64. The highest BCUT2D eigenvalue weighted by Crippen LogP contribution is 2.16. The van der Waals surface area contributed by atoms with E-state index < -0.39 is 6.10 Å². The van der Waals surface area contributed by atoms with Gasteiger partial charge >= 0.3 is 0 Å². The quantitative estimate of drug-likeness (QED) is 0.547. The van der Waals surface area contributed by atoms with E-state index in [9.17, 15) is 14.7 Å². The maximum Gasteiger partial charge on any atom is 0.216 e. The minimum atomic E-state index is -0.597. The molecule has 0 fully saturated rings. The van der Waals surface area contributed by atoms with Gasteiger partial charge < -0.3 is 10.4 Å². The van der Waals surface area contributed by atoms with Gasteiger partial charge in [0.05, 0.1) is 12.0 Å². The Balaban J connectivity index is 3.74. The van der Waals surface area contributed by atoms with Crippen LogP contribution in [-0.4, -0.2) is 39.9 Å². The van der Waals surface area contributed by atoms with E-state index in [2.05, 4.69) is 21.2 Å². The van der Waals surface area contributed by atoms with Crippen LogP contribution >= 0.6 is 27.7 Å². The molecule has 4 nitrogen and oxygen atoms in total. The predicted octanol–water partition coefficient (Wildman–Crippen LogP) is 1.16. The number of nitrogens with one attached hydrogen (secondary N) is 1. The molecule has 0 radical (unpaired) electrons. The van der Waals surface area contributed by atoms with Crippen molar-refractivity contribution in [1.29, 1.82) is 0 Å². The van der Waals surface area contributed by atoms with Crippen LogP contribution in [0.3, 0.4) is 0 Å². The number of rotatable bonds is 7. The van der Waals surface area contributed by atoms with Crippen LogP contribution in [0.25, 0.3) is 0 Å². The number of aliphatic hydroxyl groups excluding tert-OH is 1. The fourth-order valence-corrected chi connectivity index (χ4v) is 2.32. The Labute approximate surface area is 109 Å². The summed E-state index contributed by atoms with van der Waals surface area (Å²) in [5.74, 6) is 0.0874. The highest BCUT2D eigenvalue weighted by Gasteiger charge is 2.21. The van der Waals surface area contributed by atoms with Gasteiger partial charge in [0, 0.05) is 24.6 Å². The highest BCUT2D eigenvalue weighted by molar-refractivity contribution is 9.09. The normalized spacial score (nSPS) is 14.2. The van der Waals surface area contributed by atoms with E-state index >= 15 is 0 Å². The highest BCUT2D eigenvalue weighted by atomic mass is 79.9. The number of hydrogen-bond acceptors (Lipinski definition) is 4. The number of carbonyl (C=O) groups excluding carboxylic acids is 2. The lowest BCUT2D eigenvalue weighted by molar-refractivity contribution is -0.119. The van der Waals surface area contributed by atoms with Crippen LogP contribution in [0, 0.1) is 5.92 Å². The van der Waals surface area contributed by atoms with Gasteiger partial charge in [-0.25, -0.2) is 0 Å². The van der Waals surface area contributed by atoms with Crippen LogP contribution in [0.1, 0.15) is 20.3 Å². The average molecular weight is 312 g/mol. The van der Waals surface area contributed by atoms with Gasteiger partial charge in [-0.3, -0.25) is 9.59 Å². The van der Waals surface area contributed by atoms with Gasteiger partial charge in [0.1, 0.15) is 0 Å². The zero-order valence-corrected chi connectivity index (χ0v) is 11.9. The molecule has 0 aromatic rings. The Bertz CT molecular complexity index is 238. The number of halogens is 1. The molecule has 0 aliphatic rings. The van der Waals surface area contributed by atoms with Gasteiger partial charge in [-0.05, 0) is 6.42 Å². The summed E-state index contributed by atoms with van der Waals surface area (Å²) in [6.07, 6.45) is -0.0285. The van der Waals surface area contributed by atoms with Crippen LogP contribution in [0.5, 0.6) is 0 Å². The lowest BCUT2D eigenvalue weighted by Gasteiger charge is -2.16. The first-order valence-electron chi connectivity index (χ1n) is 5.14. The monoisotopic (exact) mass is 311 g/mol. The summed E-state index contributed by atoms with van der Waals surface area (Å²) < 4.78 is 0. The summed E-state index contributed by atoms with van der Waals surface area (Å²) in [4.78, 5) is 22.1. The topological polar surface area (TPSA) is 66.4 Å². The predicted molar refractivity (Wildman–Crippen MR) is 69.7 cm³/mol. The molecule has 0 aromatic carbocycles. The first-order valence-corrected chi connectivity index (χ1v) is 7.24. The van der Waals surface area contributed by atoms with Crippen molar-refractivity contribution in [1.82, 2.24) is 5.32 Å². The second-order valence-corrected chi connectivity index (χ2v) is 5.38. The van der Waals surface area contributed by atoms with Gasteiger partial charge in [0.15, 0.2) is 5.12 Å². The fraction of sp³-hybridized carbons (Fsp3) is 0.800. The number of carbonyl (C=O) groups is 2. The van der Waals surface area contributed by atoms with Gasteiger partial charge in [0.25, 0.3) is 0 Å². The second kappa shape index (κ2) is 9.01. The molecule has 1 unspecified atom stereocenters. The summed E-state index contributed by atoms with van der Waals surface area (Å²) in [7, 11) is 0. The van der Waals surface area contributed by atoms with Crippen molar-refractivity contribution in [2.45, 2.75) is 26.4 Å². The lowest BCUT2D eigenvalue weighted by atomic mass is 10.1. The molecule has 1 amide bonds. The molecule has 6 heteroatoms. The van der Waals surface area contributed by atoms with Crippen LogP contribution < -0.4 is 5.32 Å². The molecule has 94 valence electrons. The van der Waals surface area contributed by atoms with Crippen molar-refractivity contribution in [3.05, 3.63) is 0 Å². The molecule has 2 atom stereocenters. The van der Waals surface area contributed by atoms with E-state index in [1.54, 1.807) is 6.92 Å². The molecule has 0 rings (SSSR count). The van der Waals surface area contributed by atoms with Crippen molar-refractivity contribution in [2.24, 2.45) is 5.92 Å². The third-order valence-corrected chi connectivity index (χ3v) is 3.60. The van der Waals surface area contributed by atoms with Crippen LogP contribution in [0.2, 0.25) is 0 Å². The molecule has 2 N–H and O–H groups in total. The van der Waals surface area contributed by atoms with Crippen molar-refractivity contribution < 1.29 is 14.7 Å². The Morgan fingerprint density at radius 2 is 2.12 bits per heavy atom. The third kappa shape index (κ3) is 7.24. The second-order valence-electron chi connectivity index (χ2n) is 3.48. The van der Waals surface area contributed by atoms with Crippen LogP contribution in [0.4, 0.5) is 0 Å². The molecule has 0 aromatic heterocycles. The molecule has 0 saturated heterocycles. The zero-order chi connectivity index (χ0) is 12.6.